The molecule has 0 spiro atoms. The Labute approximate surface area is 35.2 Å². The van der Waals surface area contributed by atoms with Crippen LogP contribution in [0.1, 0.15) is 6.42 Å². The summed E-state index contributed by atoms with van der Waals surface area (Å²) < 4.78 is 22.6. The molecule has 1 rings (SSSR count). The van der Waals surface area contributed by atoms with Crippen LogP contribution < -0.4 is 0 Å². The van der Waals surface area contributed by atoms with E-state index >= 15 is 0 Å². The first-order valence-electron chi connectivity index (χ1n) is 1.92. The maximum absolute atomic E-state index is 11.5. The minimum atomic E-state index is -0.866. The molecule has 1 fully saturated rings. The highest BCUT2D eigenvalue weighted by molar-refractivity contribution is 4.91. The van der Waals surface area contributed by atoms with Gasteiger partial charge in [0.25, 0.3) is 0 Å². The van der Waals surface area contributed by atoms with E-state index in [-0.39, 0.29) is 5.92 Å². The fourth-order valence-corrected chi connectivity index (χ4v) is 0.312. The molecule has 1 saturated carbocycles. The largest absolute Gasteiger partial charge is 0.247 e. The van der Waals surface area contributed by atoms with Crippen molar-refractivity contribution in [3.8, 4) is 0 Å². The molecular weight excluding hydrogens is 86.0 g/mol. The van der Waals surface area contributed by atoms with E-state index in [1.807, 2.05) is 0 Å². The first-order chi connectivity index (χ1) is 2.84. The minimum absolute atomic E-state index is 0.356. The Hall–Kier alpha value is -0.140. The lowest BCUT2D eigenvalue weighted by atomic mass is 10.5. The number of halogens is 2. The van der Waals surface area contributed by atoms with Gasteiger partial charge in [-0.15, -0.1) is 0 Å². The van der Waals surface area contributed by atoms with Crippen LogP contribution in [0.3, 0.4) is 0 Å². The van der Waals surface area contributed by atoms with Gasteiger partial charge in [0.15, 0.2) is 0 Å². The van der Waals surface area contributed by atoms with E-state index in [2.05, 4.69) is 0 Å². The normalized spacial score (nSPS) is 43.0. The molecule has 2 atom stereocenters. The third-order valence-corrected chi connectivity index (χ3v) is 0.921. The van der Waals surface area contributed by atoms with Gasteiger partial charge in [-0.25, -0.2) is 8.78 Å². The molecule has 0 bridgehead atoms. The summed E-state index contributed by atoms with van der Waals surface area (Å²) in [4.78, 5) is 0. The van der Waals surface area contributed by atoms with Crippen LogP contribution in [0.15, 0.2) is 0 Å². The molecule has 6 heavy (non-hydrogen) atoms. The van der Waals surface area contributed by atoms with Gasteiger partial charge in [0.2, 0.25) is 0 Å². The van der Waals surface area contributed by atoms with Gasteiger partial charge >= 0.3 is 0 Å². The molecule has 2 heteroatoms. The number of rotatable bonds is 1. The van der Waals surface area contributed by atoms with Crippen LogP contribution in [-0.2, 0) is 0 Å². The van der Waals surface area contributed by atoms with Crippen molar-refractivity contribution in [2.45, 2.75) is 12.6 Å². The maximum atomic E-state index is 11.5. The molecule has 2 unspecified atom stereocenters. The third-order valence-electron chi connectivity index (χ3n) is 0.921. The van der Waals surface area contributed by atoms with Gasteiger partial charge in [0.05, 0.1) is 0 Å². The second kappa shape index (κ2) is 1.17. The second-order valence-corrected chi connectivity index (χ2v) is 1.54. The summed E-state index contributed by atoms with van der Waals surface area (Å²) in [5.41, 5.74) is 0. The van der Waals surface area contributed by atoms with Gasteiger partial charge in [-0.05, 0) is 6.42 Å². The standard InChI is InChI=1S/C4H5F2/c5-2-3-1-4(3)6/h2-4H,1H2. The molecule has 0 nitrogen and oxygen atoms in total. The lowest BCUT2D eigenvalue weighted by Crippen LogP contribution is -1.71. The zero-order chi connectivity index (χ0) is 4.57. The summed E-state index contributed by atoms with van der Waals surface area (Å²) in [7, 11) is 0. The average molecular weight is 91.1 g/mol. The fourth-order valence-electron chi connectivity index (χ4n) is 0.312. The van der Waals surface area contributed by atoms with Crippen molar-refractivity contribution >= 4 is 0 Å². The van der Waals surface area contributed by atoms with Crippen molar-refractivity contribution in [3.63, 3.8) is 0 Å². The van der Waals surface area contributed by atoms with Crippen LogP contribution in [0.5, 0.6) is 0 Å². The van der Waals surface area contributed by atoms with E-state index in [4.69, 9.17) is 0 Å². The van der Waals surface area contributed by atoms with Crippen LogP contribution in [0.4, 0.5) is 8.78 Å². The number of hydrogen-bond donors (Lipinski definition) is 0. The number of alkyl halides is 1. The highest BCUT2D eigenvalue weighted by atomic mass is 19.1. The number of hydrogen-bond acceptors (Lipinski definition) is 0. The molecular formula is C4H5F2. The first-order valence-corrected chi connectivity index (χ1v) is 1.92. The smallest absolute Gasteiger partial charge is 0.137 e. The Morgan fingerprint density at radius 1 is 1.67 bits per heavy atom. The van der Waals surface area contributed by atoms with Gasteiger partial charge < -0.3 is 0 Å². The summed E-state index contributed by atoms with van der Waals surface area (Å²) in [5.74, 6) is -0.356. The lowest BCUT2D eigenvalue weighted by molar-refractivity contribution is 0.430. The summed E-state index contributed by atoms with van der Waals surface area (Å²) in [6, 6.07) is 0. The minimum Gasteiger partial charge on any atom is -0.247 e. The monoisotopic (exact) mass is 91.0 g/mol. The Morgan fingerprint density at radius 3 is 2.17 bits per heavy atom. The molecule has 1 aliphatic rings. The van der Waals surface area contributed by atoms with Crippen molar-refractivity contribution in [3.05, 3.63) is 6.67 Å². The van der Waals surface area contributed by atoms with Crippen molar-refractivity contribution < 1.29 is 8.78 Å². The Balaban J connectivity index is 2.09. The predicted molar refractivity (Wildman–Crippen MR) is 18.4 cm³/mol. The highest BCUT2D eigenvalue weighted by Gasteiger charge is 2.37. The van der Waals surface area contributed by atoms with Crippen molar-refractivity contribution in [2.75, 3.05) is 0 Å². The fraction of sp³-hybridized carbons (Fsp3) is 0.750. The Kier molecular flexibility index (Phi) is 0.787. The molecule has 0 aromatic carbocycles. The SMILES string of the molecule is F[CH]C1CC1F. The van der Waals surface area contributed by atoms with E-state index in [0.29, 0.717) is 13.1 Å². The summed E-state index contributed by atoms with van der Waals surface area (Å²) in [5, 5.41) is 0. The van der Waals surface area contributed by atoms with Crippen LogP contribution in [-0.4, -0.2) is 6.17 Å². The summed E-state index contributed by atoms with van der Waals surface area (Å²) in [6.07, 6.45) is -0.466. The van der Waals surface area contributed by atoms with E-state index in [1.165, 1.54) is 0 Å². The van der Waals surface area contributed by atoms with Gasteiger partial charge in [-0.2, -0.15) is 0 Å². The topological polar surface area (TPSA) is 0 Å². The maximum Gasteiger partial charge on any atom is 0.137 e. The molecule has 0 heterocycles. The highest BCUT2D eigenvalue weighted by Crippen LogP contribution is 2.35. The molecule has 0 saturated heterocycles. The van der Waals surface area contributed by atoms with E-state index in [1.54, 1.807) is 0 Å². The van der Waals surface area contributed by atoms with Crippen LogP contribution in [0.2, 0.25) is 0 Å². The van der Waals surface area contributed by atoms with Crippen molar-refractivity contribution in [1.29, 1.82) is 0 Å². The molecule has 1 radical (unpaired) electrons. The van der Waals surface area contributed by atoms with E-state index < -0.39 is 6.17 Å². The molecule has 1 aliphatic carbocycles. The Morgan fingerprint density at radius 2 is 2.17 bits per heavy atom. The quantitative estimate of drug-likeness (QED) is 0.458. The van der Waals surface area contributed by atoms with Crippen LogP contribution >= 0.6 is 0 Å². The van der Waals surface area contributed by atoms with Crippen molar-refractivity contribution in [1.82, 2.24) is 0 Å². The van der Waals surface area contributed by atoms with Crippen LogP contribution in [0, 0.1) is 12.6 Å². The first kappa shape index (κ1) is 4.03. The van der Waals surface area contributed by atoms with Gasteiger partial charge in [-0.3, -0.25) is 0 Å². The Bertz CT molecular complexity index is 51.5. The van der Waals surface area contributed by atoms with E-state index in [9.17, 15) is 8.78 Å². The lowest BCUT2D eigenvalue weighted by Gasteiger charge is -1.72. The molecule has 0 amide bonds. The molecule has 0 aliphatic heterocycles. The molecule has 35 valence electrons. The second-order valence-electron chi connectivity index (χ2n) is 1.54. The molecule has 0 N–H and O–H groups in total. The molecule has 0 aromatic rings. The van der Waals surface area contributed by atoms with Crippen LogP contribution in [0.25, 0.3) is 0 Å². The zero-order valence-corrected chi connectivity index (χ0v) is 3.20. The van der Waals surface area contributed by atoms with Gasteiger partial charge in [-0.1, -0.05) is 0 Å². The van der Waals surface area contributed by atoms with Crippen molar-refractivity contribution in [2.24, 2.45) is 5.92 Å². The summed E-state index contributed by atoms with van der Waals surface area (Å²) >= 11 is 0. The third kappa shape index (κ3) is 0.511. The summed E-state index contributed by atoms with van der Waals surface area (Å²) in [6.45, 7) is 0.421. The zero-order valence-electron chi connectivity index (χ0n) is 3.20. The average Bonchev–Trinajstić information content (AvgIpc) is 2.19. The van der Waals surface area contributed by atoms with E-state index in [0.717, 1.165) is 0 Å². The predicted octanol–water partition coefficient (Wildman–Crippen LogP) is 1.48. The van der Waals surface area contributed by atoms with Gasteiger partial charge in [0.1, 0.15) is 12.8 Å². The van der Waals surface area contributed by atoms with Gasteiger partial charge in [0, 0.05) is 5.92 Å². The molecule has 0 aromatic heterocycles.